The van der Waals surface area contributed by atoms with Crippen LogP contribution in [-0.2, 0) is 4.79 Å². The summed E-state index contributed by atoms with van der Waals surface area (Å²) in [7, 11) is 0. The van der Waals surface area contributed by atoms with Crippen LogP contribution >= 0.6 is 0 Å². The van der Waals surface area contributed by atoms with Crippen molar-refractivity contribution in [2.24, 2.45) is 17.3 Å². The number of rotatable bonds is 1. The number of allylic oxidation sites excluding steroid dienone is 1. The number of carbonyl (C=O) groups is 1. The Morgan fingerprint density at radius 3 is 2.67 bits per heavy atom. The van der Waals surface area contributed by atoms with Gasteiger partial charge in [0, 0.05) is 11.8 Å². The fourth-order valence-electron chi connectivity index (χ4n) is 3.39. The minimum atomic E-state index is -0.0901. The molecule has 0 aliphatic heterocycles. The zero-order chi connectivity index (χ0) is 11.1. The van der Waals surface area contributed by atoms with Crippen molar-refractivity contribution in [3.05, 3.63) is 12.2 Å². The summed E-state index contributed by atoms with van der Waals surface area (Å²) in [5, 5.41) is 0. The van der Waals surface area contributed by atoms with Gasteiger partial charge in [-0.3, -0.25) is 4.79 Å². The lowest BCUT2D eigenvalue weighted by molar-refractivity contribution is -0.130. The molecule has 0 aromatic rings. The number of Topliss-reactive ketones (excluding diaryl/α,β-unsaturated/α-hetero) is 1. The minimum Gasteiger partial charge on any atom is -0.299 e. The van der Waals surface area contributed by atoms with Crippen molar-refractivity contribution in [2.75, 3.05) is 0 Å². The van der Waals surface area contributed by atoms with Crippen LogP contribution in [-0.4, -0.2) is 5.78 Å². The first kappa shape index (κ1) is 10.9. The molecule has 0 saturated heterocycles. The van der Waals surface area contributed by atoms with E-state index >= 15 is 0 Å². The van der Waals surface area contributed by atoms with E-state index in [1.54, 1.807) is 0 Å². The molecule has 2 atom stereocenters. The number of hydrogen-bond acceptors (Lipinski definition) is 1. The summed E-state index contributed by atoms with van der Waals surface area (Å²) < 4.78 is 0. The SMILES string of the molecule is C=C1CCC[C@]12C[C@H](C(C)C)CCC2=O. The maximum atomic E-state index is 12.1. The molecule has 2 saturated carbocycles. The zero-order valence-electron chi connectivity index (χ0n) is 10.0. The Hall–Kier alpha value is -0.590. The standard InChI is InChI=1S/C14H22O/c1-10(2)12-6-7-13(15)14(9-12)8-4-5-11(14)3/h10,12H,3-9H2,1-2H3/t12-,14+/m1/s1. The third-order valence-electron chi connectivity index (χ3n) is 4.59. The molecule has 0 N–H and O–H groups in total. The maximum Gasteiger partial charge on any atom is 0.143 e. The molecule has 0 aromatic carbocycles. The highest BCUT2D eigenvalue weighted by molar-refractivity contribution is 5.89. The van der Waals surface area contributed by atoms with Crippen LogP contribution in [0.3, 0.4) is 0 Å². The third kappa shape index (κ3) is 1.66. The Bertz CT molecular complexity index is 290. The van der Waals surface area contributed by atoms with Gasteiger partial charge in [0.05, 0.1) is 0 Å². The first-order valence-electron chi connectivity index (χ1n) is 6.28. The molecule has 1 nitrogen and oxygen atoms in total. The molecule has 2 fully saturated rings. The molecule has 2 aliphatic carbocycles. The molecule has 0 heterocycles. The van der Waals surface area contributed by atoms with Crippen molar-refractivity contribution in [1.82, 2.24) is 0 Å². The monoisotopic (exact) mass is 206 g/mol. The van der Waals surface area contributed by atoms with Gasteiger partial charge in [-0.1, -0.05) is 26.0 Å². The summed E-state index contributed by atoms with van der Waals surface area (Å²) in [5.74, 6) is 1.93. The minimum absolute atomic E-state index is 0.0901. The molecule has 1 spiro atoms. The number of hydrogen-bond donors (Lipinski definition) is 0. The van der Waals surface area contributed by atoms with Gasteiger partial charge in [0.25, 0.3) is 0 Å². The normalized spacial score (nSPS) is 36.9. The predicted octanol–water partition coefficient (Wildman–Crippen LogP) is 3.74. The van der Waals surface area contributed by atoms with E-state index < -0.39 is 0 Å². The molecule has 2 rings (SSSR count). The smallest absolute Gasteiger partial charge is 0.143 e. The van der Waals surface area contributed by atoms with Gasteiger partial charge in [-0.15, -0.1) is 0 Å². The van der Waals surface area contributed by atoms with Crippen LogP contribution < -0.4 is 0 Å². The Balaban J connectivity index is 2.22. The lowest BCUT2D eigenvalue weighted by Crippen LogP contribution is -2.37. The molecular weight excluding hydrogens is 184 g/mol. The molecule has 84 valence electrons. The summed E-state index contributed by atoms with van der Waals surface area (Å²) in [6.45, 7) is 8.72. The number of ketones is 1. The van der Waals surface area contributed by atoms with Gasteiger partial charge in [0.15, 0.2) is 0 Å². The average Bonchev–Trinajstić information content (AvgIpc) is 2.54. The summed E-state index contributed by atoms with van der Waals surface area (Å²) in [6.07, 6.45) is 6.32. The highest BCUT2D eigenvalue weighted by Gasteiger charge is 2.47. The van der Waals surface area contributed by atoms with E-state index in [2.05, 4.69) is 20.4 Å². The summed E-state index contributed by atoms with van der Waals surface area (Å²) >= 11 is 0. The molecule has 0 aromatic heterocycles. The lowest BCUT2D eigenvalue weighted by atomic mass is 9.64. The molecule has 15 heavy (non-hydrogen) atoms. The predicted molar refractivity (Wildman–Crippen MR) is 62.6 cm³/mol. The molecule has 0 radical (unpaired) electrons. The van der Waals surface area contributed by atoms with E-state index in [-0.39, 0.29) is 5.41 Å². The highest BCUT2D eigenvalue weighted by atomic mass is 16.1. The van der Waals surface area contributed by atoms with Crippen LogP contribution in [0.1, 0.15) is 52.4 Å². The topological polar surface area (TPSA) is 17.1 Å². The second kappa shape index (κ2) is 3.77. The van der Waals surface area contributed by atoms with E-state index in [4.69, 9.17) is 0 Å². The fourth-order valence-corrected chi connectivity index (χ4v) is 3.39. The van der Waals surface area contributed by atoms with Crippen LogP contribution in [0.15, 0.2) is 12.2 Å². The Kier molecular flexibility index (Phi) is 2.74. The molecule has 0 unspecified atom stereocenters. The molecular formula is C14H22O. The van der Waals surface area contributed by atoms with Crippen molar-refractivity contribution in [3.63, 3.8) is 0 Å². The van der Waals surface area contributed by atoms with Crippen molar-refractivity contribution >= 4 is 5.78 Å². The Morgan fingerprint density at radius 2 is 2.13 bits per heavy atom. The summed E-state index contributed by atoms with van der Waals surface area (Å²) in [6, 6.07) is 0. The summed E-state index contributed by atoms with van der Waals surface area (Å²) in [4.78, 5) is 12.1. The second-order valence-electron chi connectivity index (χ2n) is 5.71. The second-order valence-corrected chi connectivity index (χ2v) is 5.71. The molecule has 0 amide bonds. The Labute approximate surface area is 92.9 Å². The van der Waals surface area contributed by atoms with Gasteiger partial charge in [0.2, 0.25) is 0 Å². The van der Waals surface area contributed by atoms with E-state index in [0.29, 0.717) is 11.7 Å². The van der Waals surface area contributed by atoms with Crippen LogP contribution in [0.5, 0.6) is 0 Å². The van der Waals surface area contributed by atoms with Gasteiger partial charge in [-0.25, -0.2) is 0 Å². The Morgan fingerprint density at radius 1 is 1.40 bits per heavy atom. The first-order chi connectivity index (χ1) is 7.06. The van der Waals surface area contributed by atoms with E-state index in [9.17, 15) is 4.79 Å². The van der Waals surface area contributed by atoms with Crippen molar-refractivity contribution in [3.8, 4) is 0 Å². The largest absolute Gasteiger partial charge is 0.299 e. The summed E-state index contributed by atoms with van der Waals surface area (Å²) in [5.41, 5.74) is 1.14. The van der Waals surface area contributed by atoms with E-state index in [1.807, 2.05) is 0 Å². The van der Waals surface area contributed by atoms with Crippen LogP contribution in [0.4, 0.5) is 0 Å². The first-order valence-corrected chi connectivity index (χ1v) is 6.28. The van der Waals surface area contributed by atoms with Gasteiger partial charge < -0.3 is 0 Å². The van der Waals surface area contributed by atoms with Gasteiger partial charge in [-0.05, 0) is 43.9 Å². The van der Waals surface area contributed by atoms with Gasteiger partial charge >= 0.3 is 0 Å². The van der Waals surface area contributed by atoms with Crippen LogP contribution in [0, 0.1) is 17.3 Å². The number of carbonyl (C=O) groups excluding carboxylic acids is 1. The fraction of sp³-hybridized carbons (Fsp3) is 0.786. The van der Waals surface area contributed by atoms with E-state index in [1.165, 1.54) is 12.0 Å². The average molecular weight is 206 g/mol. The molecule has 1 heteroatoms. The van der Waals surface area contributed by atoms with Crippen molar-refractivity contribution < 1.29 is 4.79 Å². The highest BCUT2D eigenvalue weighted by Crippen LogP contribution is 2.52. The van der Waals surface area contributed by atoms with Crippen LogP contribution in [0.2, 0.25) is 0 Å². The molecule has 0 bridgehead atoms. The van der Waals surface area contributed by atoms with Crippen LogP contribution in [0.25, 0.3) is 0 Å². The van der Waals surface area contributed by atoms with Gasteiger partial charge in [-0.2, -0.15) is 0 Å². The maximum absolute atomic E-state index is 12.1. The van der Waals surface area contributed by atoms with E-state index in [0.717, 1.165) is 38.0 Å². The van der Waals surface area contributed by atoms with Crippen molar-refractivity contribution in [2.45, 2.75) is 52.4 Å². The van der Waals surface area contributed by atoms with Crippen molar-refractivity contribution in [1.29, 1.82) is 0 Å². The third-order valence-corrected chi connectivity index (χ3v) is 4.59. The molecule has 2 aliphatic rings. The zero-order valence-corrected chi connectivity index (χ0v) is 10.0. The lowest BCUT2D eigenvalue weighted by Gasteiger charge is -2.39. The quantitative estimate of drug-likeness (QED) is 0.597. The van der Waals surface area contributed by atoms with Gasteiger partial charge in [0.1, 0.15) is 5.78 Å².